The maximum absolute atomic E-state index is 13.2. The summed E-state index contributed by atoms with van der Waals surface area (Å²) in [4.78, 5) is 38.9. The van der Waals surface area contributed by atoms with E-state index >= 15 is 0 Å². The zero-order valence-corrected chi connectivity index (χ0v) is 70.9. The number of hydrogen-bond donors (Lipinski definition) is 6. The summed E-state index contributed by atoms with van der Waals surface area (Å²) in [7, 11) is 11.0. The molecule has 6 N–H and O–H groups in total. The molecule has 0 saturated carbocycles. The smallest absolute Gasteiger partial charge is 0.212 e. The Kier molecular flexibility index (Phi) is 38.2. The number of sulfone groups is 1. The summed E-state index contributed by atoms with van der Waals surface area (Å²) in [5, 5.41) is 42.9. The molecule has 12 rings (SSSR count). The number of nitrogens with one attached hydrogen (secondary N) is 6. The zero-order valence-electron chi connectivity index (χ0n) is 70.1. The van der Waals surface area contributed by atoms with Crippen molar-refractivity contribution < 1.29 is 17.5 Å². The molecule has 0 aromatic carbocycles. The number of hydrogen-bond acceptors (Lipinski definition) is 21. The van der Waals surface area contributed by atoms with Crippen LogP contribution in [-0.2, 0) is 49.1 Å². The molecule has 114 heavy (non-hydrogen) atoms. The predicted octanol–water partition coefficient (Wildman–Crippen LogP) is 15.1. The summed E-state index contributed by atoms with van der Waals surface area (Å²) in [5.41, 5.74) is 21.9. The fourth-order valence-electron chi connectivity index (χ4n) is 12.6. The molecular weight excluding hydrogens is 1460 g/mol. The number of pyridine rings is 6. The van der Waals surface area contributed by atoms with Crippen molar-refractivity contribution in [3.05, 3.63) is 204 Å². The molecule has 0 saturated heterocycles. The lowest BCUT2D eigenvalue weighted by Crippen LogP contribution is -2.19. The van der Waals surface area contributed by atoms with E-state index in [1.54, 1.807) is 44.2 Å². The molecule has 29 heteroatoms. The number of methoxy groups -OCH3 is 1. The van der Waals surface area contributed by atoms with Crippen LogP contribution in [0.2, 0.25) is 0 Å². The fourth-order valence-corrected chi connectivity index (χ4v) is 13.2. The second-order valence-electron chi connectivity index (χ2n) is 29.0. The first kappa shape index (κ1) is 90.8. The van der Waals surface area contributed by atoms with Crippen molar-refractivity contribution in [1.82, 2.24) is 120 Å². The van der Waals surface area contributed by atoms with Crippen molar-refractivity contribution in [2.24, 2.45) is 0 Å². The first-order valence-electron chi connectivity index (χ1n) is 39.3. The molecule has 0 spiro atoms. The van der Waals surface area contributed by atoms with Gasteiger partial charge in [0.2, 0.25) is 5.88 Å². The molecule has 0 amide bonds. The molecular formula is C85H121FN24O3S. The Morgan fingerprint density at radius 1 is 0.351 bits per heavy atom. The van der Waals surface area contributed by atoms with E-state index in [1.807, 2.05) is 94.7 Å². The van der Waals surface area contributed by atoms with E-state index < -0.39 is 9.84 Å². The van der Waals surface area contributed by atoms with Crippen LogP contribution in [0.25, 0.3) is 67.5 Å². The Morgan fingerprint density at radius 2 is 0.658 bits per heavy atom. The van der Waals surface area contributed by atoms with E-state index in [9.17, 15) is 12.8 Å². The fraction of sp³-hybridized carbons (Fsp3) is 0.435. The first-order chi connectivity index (χ1) is 55.0. The molecule has 0 aliphatic heterocycles. The van der Waals surface area contributed by atoms with Gasteiger partial charge in [-0.1, -0.05) is 54.4 Å². The van der Waals surface area contributed by atoms with Crippen molar-refractivity contribution in [1.29, 1.82) is 0 Å². The van der Waals surface area contributed by atoms with Gasteiger partial charge in [0, 0.05) is 179 Å². The molecule has 0 bridgehead atoms. The summed E-state index contributed by atoms with van der Waals surface area (Å²) in [5.74, 6) is 0.280. The van der Waals surface area contributed by atoms with E-state index in [1.165, 1.54) is 72.7 Å². The highest BCUT2D eigenvalue weighted by Crippen LogP contribution is 2.29. The Morgan fingerprint density at radius 3 is 0.947 bits per heavy atom. The van der Waals surface area contributed by atoms with Gasteiger partial charge in [-0.05, 0) is 195 Å². The Bertz CT molecular complexity index is 4590. The number of halogens is 1. The number of H-pyrrole nitrogens is 6. The molecule has 0 atom stereocenters. The van der Waals surface area contributed by atoms with Gasteiger partial charge in [0.05, 0.1) is 89.5 Å². The SMILES string of the molecule is CCCCN(C)Cc1cn[nH]c1-c1ccc(C)nc1.CCCCN(C)Cc1cn[nH]c1-c1ccc(C)nc1.CCCN(C)Cc1cn[nH]c1-c1ccc(OC)nc1.CCCN(C)Cc1cn[nH]c1-c1cncc(C)c1.CCCN(C)Cc1cn[nH]c1-c1cncc(F)c1.CCCN(C)Cc1cn[nH]c1-c1cncc(S(C)(=O)=O)c1. The molecule has 0 unspecified atom stereocenters. The number of unbranched alkanes of at least 4 members (excludes halogenated alkanes) is 2. The Labute approximate surface area is 674 Å². The van der Waals surface area contributed by atoms with E-state index in [-0.39, 0.29) is 10.7 Å². The number of aromatic amines is 6. The Hall–Kier alpha value is -10.4. The standard InChI is InChI=1S/2C15H22N4.C14H20N4O2S.C14H20N4O.C14H20N4.C13H17FN4/c2*1-4-5-8-19(3)11-14-10-17-18-15(14)13-7-6-12(2)16-9-13;1-4-5-18(2)10-12-8-16-17-14(12)11-6-13(9-15-7-11)21(3,19)20;1-4-7-18(2)10-12-9-16-17-14(12)11-5-6-13(19-3)15-8-11;1-4-5-18(3)10-13-9-16-17-14(13)12-6-11(2)7-15-8-12;1-3-4-18(2)9-11-7-16-17-13(11)10-5-12(14)8-15-6-10/h2*6-7,9-10H,4-5,8,11H2,1-3H3,(H,17,18);6-9H,4-5,10H2,1-3H3,(H,16,17);5-6,8-9H,4,7,10H2,1-3H3,(H,16,17);6-9H,4-5,10H2,1-3H3,(H,16,17);5-8H,3-4,9H2,1-2H3,(H,16,17). The third kappa shape index (κ3) is 29.8. The van der Waals surface area contributed by atoms with Crippen molar-refractivity contribution in [3.8, 4) is 73.4 Å². The van der Waals surface area contributed by atoms with E-state index in [0.717, 1.165) is 200 Å². The summed E-state index contributed by atoms with van der Waals surface area (Å²) in [6.07, 6.45) is 36.9. The number of rotatable bonds is 34. The van der Waals surface area contributed by atoms with Crippen molar-refractivity contribution in [2.75, 3.05) is 94.9 Å². The third-order valence-corrected chi connectivity index (χ3v) is 19.5. The molecule has 12 heterocycles. The van der Waals surface area contributed by atoms with Gasteiger partial charge in [0.1, 0.15) is 5.82 Å². The molecule has 0 aliphatic carbocycles. The van der Waals surface area contributed by atoms with Crippen LogP contribution in [-0.4, -0.2) is 224 Å². The largest absolute Gasteiger partial charge is 0.481 e. The number of aromatic nitrogens is 18. The zero-order chi connectivity index (χ0) is 82.4. The van der Waals surface area contributed by atoms with Crippen LogP contribution in [0.1, 0.15) is 143 Å². The quantitative estimate of drug-likeness (QED) is 0.0218. The molecule has 0 radical (unpaired) electrons. The lowest BCUT2D eigenvalue weighted by atomic mass is 10.1. The molecule has 27 nitrogen and oxygen atoms in total. The van der Waals surface area contributed by atoms with E-state index in [0.29, 0.717) is 5.88 Å². The number of ether oxygens (including phenoxy) is 1. The topological polar surface area (TPSA) is 312 Å². The molecule has 12 aromatic rings. The van der Waals surface area contributed by atoms with Gasteiger partial charge in [-0.2, -0.15) is 30.6 Å². The average Bonchev–Trinajstić information content (AvgIpc) is 1.37. The molecule has 612 valence electrons. The van der Waals surface area contributed by atoms with Crippen molar-refractivity contribution in [2.45, 2.75) is 158 Å². The Balaban J connectivity index is 0.000000190. The van der Waals surface area contributed by atoms with E-state index in [2.05, 4.69) is 222 Å². The molecule has 12 aromatic heterocycles. The summed E-state index contributed by atoms with van der Waals surface area (Å²) in [6.45, 7) is 30.7. The number of aryl methyl sites for hydroxylation is 3. The van der Waals surface area contributed by atoms with Gasteiger partial charge in [0.25, 0.3) is 0 Å². The number of nitrogens with zero attached hydrogens (tertiary/aromatic N) is 18. The highest BCUT2D eigenvalue weighted by Gasteiger charge is 2.18. The van der Waals surface area contributed by atoms with Crippen LogP contribution >= 0.6 is 0 Å². The minimum Gasteiger partial charge on any atom is -0.481 e. The van der Waals surface area contributed by atoms with Gasteiger partial charge in [0.15, 0.2) is 9.84 Å². The van der Waals surface area contributed by atoms with Crippen molar-refractivity contribution in [3.63, 3.8) is 0 Å². The minimum atomic E-state index is -3.27. The minimum absolute atomic E-state index is 0.211. The maximum Gasteiger partial charge on any atom is 0.212 e. The summed E-state index contributed by atoms with van der Waals surface area (Å²) < 4.78 is 41.5. The lowest BCUT2D eigenvalue weighted by Gasteiger charge is -2.16. The van der Waals surface area contributed by atoms with Crippen LogP contribution in [0.3, 0.4) is 0 Å². The van der Waals surface area contributed by atoms with Crippen molar-refractivity contribution >= 4 is 9.84 Å². The second-order valence-corrected chi connectivity index (χ2v) is 31.1. The van der Waals surface area contributed by atoms with Crippen LogP contribution < -0.4 is 4.74 Å². The highest BCUT2D eigenvalue weighted by molar-refractivity contribution is 7.90. The average molecular weight is 1580 g/mol. The van der Waals surface area contributed by atoms with Crippen LogP contribution in [0.4, 0.5) is 4.39 Å². The second kappa shape index (κ2) is 48.0. The first-order valence-corrected chi connectivity index (χ1v) is 41.2. The molecule has 0 fully saturated rings. The van der Waals surface area contributed by atoms with E-state index in [4.69, 9.17) is 4.74 Å². The van der Waals surface area contributed by atoms with Gasteiger partial charge < -0.3 is 34.1 Å². The van der Waals surface area contributed by atoms with Gasteiger partial charge in [-0.15, -0.1) is 0 Å². The molecule has 0 aliphatic rings. The lowest BCUT2D eigenvalue weighted by molar-refractivity contribution is 0.321. The van der Waals surface area contributed by atoms with Crippen LogP contribution in [0.15, 0.2) is 152 Å². The van der Waals surface area contributed by atoms with Gasteiger partial charge in [-0.25, -0.2) is 17.8 Å². The summed E-state index contributed by atoms with van der Waals surface area (Å²) in [6, 6.07) is 17.3. The summed E-state index contributed by atoms with van der Waals surface area (Å²) >= 11 is 0. The maximum atomic E-state index is 13.2. The predicted molar refractivity (Wildman–Crippen MR) is 454 cm³/mol. The highest BCUT2D eigenvalue weighted by atomic mass is 32.2. The van der Waals surface area contributed by atoms with Gasteiger partial charge >= 0.3 is 0 Å². The normalized spacial score (nSPS) is 11.3. The van der Waals surface area contributed by atoms with Crippen LogP contribution in [0.5, 0.6) is 5.88 Å². The van der Waals surface area contributed by atoms with Crippen LogP contribution in [0, 0.1) is 26.6 Å². The monoisotopic (exact) mass is 1580 g/mol. The third-order valence-electron chi connectivity index (χ3n) is 18.4. The van der Waals surface area contributed by atoms with Gasteiger partial charge in [-0.3, -0.25) is 55.5 Å².